The predicted molar refractivity (Wildman–Crippen MR) is 143 cm³/mol. The number of para-hydroxylation sites is 2. The van der Waals surface area contributed by atoms with Gasteiger partial charge in [-0.3, -0.25) is 9.59 Å². The first-order valence-electron chi connectivity index (χ1n) is 11.8. The third-order valence-corrected chi connectivity index (χ3v) is 6.89. The molecule has 0 fully saturated rings. The molecule has 0 saturated heterocycles. The molecule has 4 rings (SSSR count). The Morgan fingerprint density at radius 2 is 1.70 bits per heavy atom. The quantitative estimate of drug-likeness (QED) is 0.431. The van der Waals surface area contributed by atoms with Gasteiger partial charge in [-0.05, 0) is 41.8 Å². The second-order valence-electron chi connectivity index (χ2n) is 8.80. The molecule has 0 unspecified atom stereocenters. The third-order valence-electron chi connectivity index (χ3n) is 5.93. The average Bonchev–Trinajstić information content (AvgIpc) is 2.88. The minimum absolute atomic E-state index is 0.000764. The molecule has 8 nitrogen and oxygen atoms in total. The standard InChI is InChI=1S/C27H28ClN3O5S/c1-37(34,35)30-22(20-11-13-21(28)14-12-20)17-26(32)31-18-25(36-24-10-6-5-9-23(24)31)27(33)29-16-15-19-7-3-2-4-8-19/h2-14,22,25,30H,15-18H2,1H3,(H,29,33)/t22-,25-/m0/s1. The Bertz CT molecular complexity index is 1350. The molecular weight excluding hydrogens is 514 g/mol. The Morgan fingerprint density at radius 1 is 1.03 bits per heavy atom. The molecule has 0 spiro atoms. The van der Waals surface area contributed by atoms with E-state index in [1.807, 2.05) is 30.3 Å². The molecule has 3 aromatic rings. The summed E-state index contributed by atoms with van der Waals surface area (Å²) < 4.78 is 32.6. The summed E-state index contributed by atoms with van der Waals surface area (Å²) in [6.45, 7) is 0.425. The van der Waals surface area contributed by atoms with E-state index < -0.39 is 22.2 Å². The molecule has 2 atom stereocenters. The van der Waals surface area contributed by atoms with E-state index in [-0.39, 0.29) is 24.8 Å². The number of nitrogens with one attached hydrogen (secondary N) is 2. The molecule has 0 radical (unpaired) electrons. The molecule has 37 heavy (non-hydrogen) atoms. The van der Waals surface area contributed by atoms with Crippen LogP contribution in [0.15, 0.2) is 78.9 Å². The number of rotatable bonds is 9. The fourth-order valence-corrected chi connectivity index (χ4v) is 5.02. The van der Waals surface area contributed by atoms with Crippen molar-refractivity contribution in [1.82, 2.24) is 10.0 Å². The summed E-state index contributed by atoms with van der Waals surface area (Å²) in [6, 6.07) is 22.6. The van der Waals surface area contributed by atoms with Crippen molar-refractivity contribution in [2.24, 2.45) is 0 Å². The van der Waals surface area contributed by atoms with Crippen LogP contribution in [0.4, 0.5) is 5.69 Å². The van der Waals surface area contributed by atoms with Gasteiger partial charge in [-0.15, -0.1) is 0 Å². The molecule has 0 bridgehead atoms. The van der Waals surface area contributed by atoms with Gasteiger partial charge in [-0.1, -0.05) is 66.2 Å². The van der Waals surface area contributed by atoms with Gasteiger partial charge in [0.25, 0.3) is 5.91 Å². The molecule has 0 saturated carbocycles. The Kier molecular flexibility index (Phi) is 8.48. The van der Waals surface area contributed by atoms with Crippen LogP contribution in [-0.4, -0.2) is 45.7 Å². The van der Waals surface area contributed by atoms with Gasteiger partial charge in [-0.25, -0.2) is 13.1 Å². The van der Waals surface area contributed by atoms with Crippen molar-refractivity contribution < 1.29 is 22.7 Å². The van der Waals surface area contributed by atoms with Crippen molar-refractivity contribution in [3.8, 4) is 5.75 Å². The topological polar surface area (TPSA) is 105 Å². The minimum atomic E-state index is -3.62. The Morgan fingerprint density at radius 3 is 2.41 bits per heavy atom. The van der Waals surface area contributed by atoms with Crippen molar-refractivity contribution in [1.29, 1.82) is 0 Å². The van der Waals surface area contributed by atoms with E-state index in [9.17, 15) is 18.0 Å². The van der Waals surface area contributed by atoms with Gasteiger partial charge >= 0.3 is 0 Å². The average molecular weight is 542 g/mol. The Labute approximate surface area is 221 Å². The van der Waals surface area contributed by atoms with Crippen LogP contribution in [0.5, 0.6) is 5.75 Å². The van der Waals surface area contributed by atoms with Crippen molar-refractivity contribution in [3.63, 3.8) is 0 Å². The second kappa shape index (κ2) is 11.8. The lowest BCUT2D eigenvalue weighted by molar-refractivity contribution is -0.128. The number of fused-ring (bicyclic) bond motifs is 1. The van der Waals surface area contributed by atoms with Gasteiger partial charge in [0.15, 0.2) is 6.10 Å². The summed E-state index contributed by atoms with van der Waals surface area (Å²) in [5.41, 5.74) is 2.22. The highest BCUT2D eigenvalue weighted by atomic mass is 35.5. The van der Waals surface area contributed by atoms with E-state index in [2.05, 4.69) is 10.0 Å². The highest BCUT2D eigenvalue weighted by Crippen LogP contribution is 2.34. The van der Waals surface area contributed by atoms with Crippen molar-refractivity contribution in [2.75, 3.05) is 24.2 Å². The van der Waals surface area contributed by atoms with Crippen molar-refractivity contribution in [3.05, 3.63) is 95.0 Å². The number of hydrogen-bond acceptors (Lipinski definition) is 5. The van der Waals surface area contributed by atoms with Crippen LogP contribution in [0.1, 0.15) is 23.6 Å². The maximum absolute atomic E-state index is 13.5. The molecule has 1 aliphatic heterocycles. The van der Waals surface area contributed by atoms with Gasteiger partial charge in [0.2, 0.25) is 15.9 Å². The third kappa shape index (κ3) is 7.31. The zero-order chi connectivity index (χ0) is 26.4. The number of anilines is 1. The number of hydrogen-bond donors (Lipinski definition) is 2. The summed E-state index contributed by atoms with van der Waals surface area (Å²) in [6.07, 6.45) is 0.635. The van der Waals surface area contributed by atoms with Crippen molar-refractivity contribution >= 4 is 39.1 Å². The normalized spacial score (nSPS) is 15.8. The van der Waals surface area contributed by atoms with Crippen LogP contribution in [0, 0.1) is 0 Å². The number of ether oxygens (including phenoxy) is 1. The maximum Gasteiger partial charge on any atom is 0.262 e. The largest absolute Gasteiger partial charge is 0.477 e. The van der Waals surface area contributed by atoms with E-state index in [0.29, 0.717) is 35.0 Å². The predicted octanol–water partition coefficient (Wildman–Crippen LogP) is 3.47. The molecular formula is C27H28ClN3O5S. The van der Waals surface area contributed by atoms with Crippen LogP contribution in [-0.2, 0) is 26.0 Å². The lowest BCUT2D eigenvalue weighted by Crippen LogP contribution is -2.51. The zero-order valence-electron chi connectivity index (χ0n) is 20.3. The molecule has 3 aromatic carbocycles. The van der Waals surface area contributed by atoms with E-state index in [4.69, 9.17) is 16.3 Å². The van der Waals surface area contributed by atoms with Crippen LogP contribution in [0.2, 0.25) is 5.02 Å². The van der Waals surface area contributed by atoms with E-state index in [0.717, 1.165) is 11.8 Å². The molecule has 1 heterocycles. The Balaban J connectivity index is 1.50. The van der Waals surface area contributed by atoms with E-state index in [1.54, 1.807) is 48.5 Å². The number of carbonyl (C=O) groups excluding carboxylic acids is 2. The number of benzene rings is 3. The van der Waals surface area contributed by atoms with Crippen LogP contribution in [0.25, 0.3) is 0 Å². The summed E-state index contributed by atoms with van der Waals surface area (Å²) in [5, 5.41) is 3.38. The summed E-state index contributed by atoms with van der Waals surface area (Å²) >= 11 is 5.98. The monoisotopic (exact) mass is 541 g/mol. The molecule has 0 aliphatic carbocycles. The number of halogens is 1. The molecule has 10 heteroatoms. The first kappa shape index (κ1) is 26.7. The highest BCUT2D eigenvalue weighted by molar-refractivity contribution is 7.88. The highest BCUT2D eigenvalue weighted by Gasteiger charge is 2.35. The summed E-state index contributed by atoms with van der Waals surface area (Å²) in [5.74, 6) is -0.273. The SMILES string of the molecule is CS(=O)(=O)N[C@@H](CC(=O)N1C[C@@H](C(=O)NCCc2ccccc2)Oc2ccccc21)c1ccc(Cl)cc1. The first-order valence-corrected chi connectivity index (χ1v) is 14.1. The smallest absolute Gasteiger partial charge is 0.262 e. The molecule has 0 aromatic heterocycles. The van der Waals surface area contributed by atoms with Crippen LogP contribution in [0.3, 0.4) is 0 Å². The maximum atomic E-state index is 13.5. The summed E-state index contributed by atoms with van der Waals surface area (Å²) in [7, 11) is -3.62. The first-order chi connectivity index (χ1) is 17.7. The minimum Gasteiger partial charge on any atom is -0.477 e. The molecule has 2 N–H and O–H groups in total. The van der Waals surface area contributed by atoms with Gasteiger partial charge < -0.3 is 15.0 Å². The van der Waals surface area contributed by atoms with Gasteiger partial charge in [0.05, 0.1) is 24.5 Å². The lowest BCUT2D eigenvalue weighted by atomic mass is 10.0. The number of carbonyl (C=O) groups is 2. The van der Waals surface area contributed by atoms with Gasteiger partial charge in [0.1, 0.15) is 5.75 Å². The van der Waals surface area contributed by atoms with Gasteiger partial charge in [-0.2, -0.15) is 0 Å². The van der Waals surface area contributed by atoms with Gasteiger partial charge in [0, 0.05) is 18.0 Å². The summed E-state index contributed by atoms with van der Waals surface area (Å²) in [4.78, 5) is 28.0. The fourth-order valence-electron chi connectivity index (χ4n) is 4.16. The van der Waals surface area contributed by atoms with Crippen LogP contribution >= 0.6 is 11.6 Å². The van der Waals surface area contributed by atoms with Crippen LogP contribution < -0.4 is 19.7 Å². The van der Waals surface area contributed by atoms with Crippen molar-refractivity contribution in [2.45, 2.75) is 25.0 Å². The number of sulfonamides is 1. The molecule has 1 aliphatic rings. The zero-order valence-corrected chi connectivity index (χ0v) is 21.8. The van der Waals surface area contributed by atoms with E-state index >= 15 is 0 Å². The number of amides is 2. The molecule has 2 amide bonds. The second-order valence-corrected chi connectivity index (χ2v) is 11.0. The fraction of sp³-hybridized carbons (Fsp3) is 0.259. The van der Waals surface area contributed by atoms with E-state index in [1.165, 1.54) is 4.90 Å². The Hall–Kier alpha value is -3.40. The molecule has 194 valence electrons. The lowest BCUT2D eigenvalue weighted by Gasteiger charge is -2.35. The number of nitrogens with zero attached hydrogens (tertiary/aromatic N) is 1.